The van der Waals surface area contributed by atoms with Gasteiger partial charge in [-0.05, 0) is 25.0 Å². The molecule has 1 aromatic rings. The summed E-state index contributed by atoms with van der Waals surface area (Å²) in [7, 11) is 0. The number of benzene rings is 1. The molecule has 6 nitrogen and oxygen atoms in total. The van der Waals surface area contributed by atoms with Crippen LogP contribution in [0.15, 0.2) is 30.3 Å². The Bertz CT molecular complexity index is 557. The van der Waals surface area contributed by atoms with Crippen molar-refractivity contribution >= 4 is 11.9 Å². The van der Waals surface area contributed by atoms with Crippen LogP contribution in [0.25, 0.3) is 0 Å². The van der Waals surface area contributed by atoms with Gasteiger partial charge in [0.1, 0.15) is 6.04 Å². The van der Waals surface area contributed by atoms with Crippen molar-refractivity contribution in [1.82, 2.24) is 9.80 Å². The van der Waals surface area contributed by atoms with Gasteiger partial charge in [0.05, 0.1) is 13.2 Å². The Labute approximate surface area is 135 Å². The quantitative estimate of drug-likeness (QED) is 0.903. The second-order valence-electron chi connectivity index (χ2n) is 6.05. The fraction of sp³-hybridized carbons (Fsp3) is 0.529. The molecule has 0 bridgehead atoms. The summed E-state index contributed by atoms with van der Waals surface area (Å²) in [6, 6.07) is 8.34. The number of carbonyl (C=O) groups excluding carboxylic acids is 1. The number of carboxylic acid groups (broad SMARTS) is 1. The molecule has 124 valence electrons. The van der Waals surface area contributed by atoms with Crippen LogP contribution in [-0.4, -0.2) is 71.7 Å². The van der Waals surface area contributed by atoms with Crippen molar-refractivity contribution in [2.75, 3.05) is 32.8 Å². The molecule has 0 aliphatic carbocycles. The van der Waals surface area contributed by atoms with Gasteiger partial charge >= 0.3 is 5.97 Å². The van der Waals surface area contributed by atoms with Crippen LogP contribution in [0.4, 0.5) is 0 Å². The van der Waals surface area contributed by atoms with E-state index in [1.54, 1.807) is 24.3 Å². The summed E-state index contributed by atoms with van der Waals surface area (Å²) in [6.07, 6.45) is 1.29. The number of hydrogen-bond donors (Lipinski definition) is 1. The Morgan fingerprint density at radius 2 is 1.78 bits per heavy atom. The number of ether oxygens (including phenoxy) is 1. The molecule has 2 fully saturated rings. The highest BCUT2D eigenvalue weighted by Crippen LogP contribution is 2.24. The molecule has 2 aliphatic heterocycles. The molecule has 0 radical (unpaired) electrons. The Morgan fingerprint density at radius 3 is 2.43 bits per heavy atom. The lowest BCUT2D eigenvalue weighted by molar-refractivity contribution is -0.144. The van der Waals surface area contributed by atoms with Crippen LogP contribution in [-0.2, 0) is 9.53 Å². The highest BCUT2D eigenvalue weighted by molar-refractivity contribution is 5.96. The van der Waals surface area contributed by atoms with Gasteiger partial charge in [0.2, 0.25) is 0 Å². The van der Waals surface area contributed by atoms with E-state index in [1.807, 2.05) is 6.07 Å². The van der Waals surface area contributed by atoms with Gasteiger partial charge in [0.15, 0.2) is 0 Å². The fourth-order valence-electron chi connectivity index (χ4n) is 3.44. The molecule has 1 aromatic carbocycles. The maximum absolute atomic E-state index is 12.6. The number of aliphatic carboxylic acids is 1. The first-order chi connectivity index (χ1) is 11.2. The summed E-state index contributed by atoms with van der Waals surface area (Å²) in [5.41, 5.74) is 0.545. The van der Waals surface area contributed by atoms with Crippen molar-refractivity contribution in [3.8, 4) is 0 Å². The van der Waals surface area contributed by atoms with Gasteiger partial charge in [-0.2, -0.15) is 0 Å². The molecule has 23 heavy (non-hydrogen) atoms. The zero-order valence-corrected chi connectivity index (χ0v) is 13.1. The van der Waals surface area contributed by atoms with Gasteiger partial charge in [-0.25, -0.2) is 4.79 Å². The van der Waals surface area contributed by atoms with E-state index in [9.17, 15) is 14.7 Å². The molecule has 2 saturated heterocycles. The molecule has 3 rings (SSSR count). The third kappa shape index (κ3) is 3.54. The summed E-state index contributed by atoms with van der Waals surface area (Å²) >= 11 is 0. The van der Waals surface area contributed by atoms with Crippen LogP contribution in [0.5, 0.6) is 0 Å². The topological polar surface area (TPSA) is 70.1 Å². The SMILES string of the molecule is O=C(O)[C@H]1C[C@@H](N2CCOCC2)CCN1C(=O)c1ccccc1. The number of piperidine rings is 1. The second-order valence-corrected chi connectivity index (χ2v) is 6.05. The Hall–Kier alpha value is -1.92. The first-order valence-corrected chi connectivity index (χ1v) is 8.07. The van der Waals surface area contributed by atoms with Crippen LogP contribution in [0.2, 0.25) is 0 Å². The van der Waals surface area contributed by atoms with E-state index < -0.39 is 12.0 Å². The summed E-state index contributed by atoms with van der Waals surface area (Å²) in [6.45, 7) is 3.54. The van der Waals surface area contributed by atoms with Crippen LogP contribution >= 0.6 is 0 Å². The lowest BCUT2D eigenvalue weighted by Gasteiger charge is -2.43. The third-order valence-electron chi connectivity index (χ3n) is 4.70. The molecule has 6 heteroatoms. The van der Waals surface area contributed by atoms with Gasteiger partial charge in [0, 0.05) is 31.2 Å². The highest BCUT2D eigenvalue weighted by Gasteiger charge is 2.38. The molecule has 0 aromatic heterocycles. The summed E-state index contributed by atoms with van der Waals surface area (Å²) in [5, 5.41) is 9.58. The number of likely N-dealkylation sites (tertiary alicyclic amines) is 1. The van der Waals surface area contributed by atoms with Crippen molar-refractivity contribution in [2.45, 2.75) is 24.9 Å². The van der Waals surface area contributed by atoms with Crippen LogP contribution in [0.3, 0.4) is 0 Å². The molecule has 0 saturated carbocycles. The molecular formula is C17H22N2O4. The lowest BCUT2D eigenvalue weighted by atomic mass is 9.94. The van der Waals surface area contributed by atoms with E-state index in [0.29, 0.717) is 31.7 Å². The van der Waals surface area contributed by atoms with Crippen LogP contribution in [0, 0.1) is 0 Å². The minimum absolute atomic E-state index is 0.196. The van der Waals surface area contributed by atoms with Crippen molar-refractivity contribution < 1.29 is 19.4 Å². The van der Waals surface area contributed by atoms with E-state index in [2.05, 4.69) is 4.90 Å². The van der Waals surface area contributed by atoms with Crippen molar-refractivity contribution in [3.63, 3.8) is 0 Å². The molecule has 1 amide bonds. The maximum Gasteiger partial charge on any atom is 0.326 e. The Balaban J connectivity index is 1.72. The number of amides is 1. The minimum atomic E-state index is -0.924. The number of carbonyl (C=O) groups is 2. The zero-order chi connectivity index (χ0) is 16.2. The van der Waals surface area contributed by atoms with Crippen molar-refractivity contribution in [2.24, 2.45) is 0 Å². The van der Waals surface area contributed by atoms with Crippen molar-refractivity contribution in [1.29, 1.82) is 0 Å². The first kappa shape index (κ1) is 16.0. The molecular weight excluding hydrogens is 296 g/mol. The van der Waals surface area contributed by atoms with E-state index in [1.165, 1.54) is 4.90 Å². The largest absolute Gasteiger partial charge is 0.480 e. The second kappa shape index (κ2) is 7.10. The average molecular weight is 318 g/mol. The van der Waals surface area contributed by atoms with Gasteiger partial charge in [-0.3, -0.25) is 9.69 Å². The molecule has 2 atom stereocenters. The molecule has 1 N–H and O–H groups in total. The van der Waals surface area contributed by atoms with Gasteiger partial charge < -0.3 is 14.7 Å². The third-order valence-corrected chi connectivity index (χ3v) is 4.70. The summed E-state index contributed by atoms with van der Waals surface area (Å²) in [5.74, 6) is -1.12. The van der Waals surface area contributed by atoms with Gasteiger partial charge in [-0.15, -0.1) is 0 Å². The number of morpholine rings is 1. The number of carboxylic acids is 1. The van der Waals surface area contributed by atoms with E-state index in [-0.39, 0.29) is 11.9 Å². The predicted octanol–water partition coefficient (Wildman–Crippen LogP) is 1.08. The zero-order valence-electron chi connectivity index (χ0n) is 13.1. The fourth-order valence-corrected chi connectivity index (χ4v) is 3.44. The standard InChI is InChI=1S/C17H22N2O4/c20-16(13-4-2-1-3-5-13)19-7-6-14(12-15(19)17(21)22)18-8-10-23-11-9-18/h1-5,14-15H,6-12H2,(H,21,22)/t14-,15+/m0/s1. The van der Waals surface area contributed by atoms with Crippen molar-refractivity contribution in [3.05, 3.63) is 35.9 Å². The predicted molar refractivity (Wildman–Crippen MR) is 84.3 cm³/mol. The Morgan fingerprint density at radius 1 is 1.09 bits per heavy atom. The van der Waals surface area contributed by atoms with Gasteiger partial charge in [0.25, 0.3) is 5.91 Å². The summed E-state index contributed by atoms with van der Waals surface area (Å²) < 4.78 is 5.36. The number of rotatable bonds is 3. The Kier molecular flexibility index (Phi) is 4.93. The summed E-state index contributed by atoms with van der Waals surface area (Å²) in [4.78, 5) is 28.1. The molecule has 0 spiro atoms. The molecule has 2 heterocycles. The average Bonchev–Trinajstić information content (AvgIpc) is 2.62. The van der Waals surface area contributed by atoms with Gasteiger partial charge in [-0.1, -0.05) is 18.2 Å². The normalized spacial score (nSPS) is 26.0. The smallest absolute Gasteiger partial charge is 0.326 e. The van der Waals surface area contributed by atoms with Crippen LogP contribution in [0.1, 0.15) is 23.2 Å². The van der Waals surface area contributed by atoms with Crippen LogP contribution < -0.4 is 0 Å². The molecule has 2 aliphatic rings. The minimum Gasteiger partial charge on any atom is -0.480 e. The highest BCUT2D eigenvalue weighted by atomic mass is 16.5. The van der Waals surface area contributed by atoms with E-state index in [0.717, 1.165) is 19.5 Å². The monoisotopic (exact) mass is 318 g/mol. The maximum atomic E-state index is 12.6. The molecule has 0 unspecified atom stereocenters. The van der Waals surface area contributed by atoms with E-state index in [4.69, 9.17) is 4.74 Å². The van der Waals surface area contributed by atoms with E-state index >= 15 is 0 Å². The first-order valence-electron chi connectivity index (χ1n) is 8.07. The number of hydrogen-bond acceptors (Lipinski definition) is 4. The number of nitrogens with zero attached hydrogens (tertiary/aromatic N) is 2. The lowest BCUT2D eigenvalue weighted by Crippen LogP contribution is -2.56.